The monoisotopic (exact) mass is 248 g/mol. The van der Waals surface area contributed by atoms with Gasteiger partial charge in [-0.2, -0.15) is 0 Å². The van der Waals surface area contributed by atoms with Gasteiger partial charge in [0, 0.05) is 0 Å². The number of hydrogen-bond donors (Lipinski definition) is 0. The maximum atomic E-state index is 12.1. The normalized spacial score (nSPS) is 27.4. The Balaban J connectivity index is 1.97. The summed E-state index contributed by atoms with van der Waals surface area (Å²) in [6.45, 7) is 0. The van der Waals surface area contributed by atoms with Crippen LogP contribution in [0.3, 0.4) is 0 Å². The largest absolute Gasteiger partial charge is 0.497 e. The molecule has 1 aromatic carbocycles. The average Bonchev–Trinajstić information content (AvgIpc) is 3.10. The van der Waals surface area contributed by atoms with Crippen LogP contribution in [0.25, 0.3) is 0 Å². The molecule has 0 N–H and O–H groups in total. The third-order valence-electron chi connectivity index (χ3n) is 4.08. The minimum atomic E-state index is -0.883. The summed E-state index contributed by atoms with van der Waals surface area (Å²) >= 11 is 0. The minimum Gasteiger partial charge on any atom is -0.497 e. The molecule has 1 heterocycles. The van der Waals surface area contributed by atoms with E-state index in [2.05, 4.69) is 0 Å². The Kier molecular flexibility index (Phi) is 2.38. The van der Waals surface area contributed by atoms with Gasteiger partial charge < -0.3 is 14.2 Å². The summed E-state index contributed by atoms with van der Waals surface area (Å²) < 4.78 is 15.9. The molecule has 1 aromatic rings. The average molecular weight is 248 g/mol. The second-order valence-corrected chi connectivity index (χ2v) is 4.85. The summed E-state index contributed by atoms with van der Waals surface area (Å²) in [5, 5.41) is 0. The standard InChI is InChI=1S/C14H16O4/c1-16-11-6-4-10(5-7-11)14(12(15)17-2)13(18-14)8-3-9-13/h4-7H,3,8-9H2,1-2H3. The maximum Gasteiger partial charge on any atom is 0.345 e. The van der Waals surface area contributed by atoms with Crippen LogP contribution in [-0.4, -0.2) is 25.8 Å². The quantitative estimate of drug-likeness (QED) is 0.606. The van der Waals surface area contributed by atoms with Crippen LogP contribution in [-0.2, 0) is 19.9 Å². The van der Waals surface area contributed by atoms with Crippen molar-refractivity contribution in [2.75, 3.05) is 14.2 Å². The van der Waals surface area contributed by atoms with E-state index in [1.807, 2.05) is 24.3 Å². The highest BCUT2D eigenvalue weighted by molar-refractivity contribution is 5.87. The summed E-state index contributed by atoms with van der Waals surface area (Å²) in [6.07, 6.45) is 2.96. The van der Waals surface area contributed by atoms with Crippen molar-refractivity contribution >= 4 is 5.97 Å². The van der Waals surface area contributed by atoms with Crippen molar-refractivity contribution in [2.24, 2.45) is 0 Å². The lowest BCUT2D eigenvalue weighted by atomic mass is 9.73. The molecule has 1 spiro atoms. The lowest BCUT2D eigenvalue weighted by Gasteiger charge is -2.25. The van der Waals surface area contributed by atoms with E-state index in [1.54, 1.807) is 7.11 Å². The molecule has 1 aliphatic carbocycles. The molecular weight excluding hydrogens is 232 g/mol. The third kappa shape index (κ3) is 1.27. The maximum absolute atomic E-state index is 12.1. The molecule has 1 unspecified atom stereocenters. The van der Waals surface area contributed by atoms with Crippen molar-refractivity contribution in [3.8, 4) is 5.75 Å². The Morgan fingerprint density at radius 1 is 1.22 bits per heavy atom. The predicted molar refractivity (Wildman–Crippen MR) is 64.4 cm³/mol. The first-order valence-corrected chi connectivity index (χ1v) is 6.12. The van der Waals surface area contributed by atoms with E-state index in [9.17, 15) is 4.79 Å². The fraction of sp³-hybridized carbons (Fsp3) is 0.500. The Hall–Kier alpha value is -1.55. The van der Waals surface area contributed by atoms with E-state index in [4.69, 9.17) is 14.2 Å². The van der Waals surface area contributed by atoms with Crippen LogP contribution < -0.4 is 4.74 Å². The molecule has 2 aliphatic rings. The van der Waals surface area contributed by atoms with Crippen molar-refractivity contribution in [3.05, 3.63) is 29.8 Å². The number of carbonyl (C=O) groups excluding carboxylic acids is 1. The van der Waals surface area contributed by atoms with Crippen LogP contribution in [0.5, 0.6) is 5.75 Å². The molecular formula is C14H16O4. The van der Waals surface area contributed by atoms with Gasteiger partial charge in [0.15, 0.2) is 0 Å². The van der Waals surface area contributed by atoms with Gasteiger partial charge in [0.1, 0.15) is 11.4 Å². The van der Waals surface area contributed by atoms with Crippen molar-refractivity contribution in [2.45, 2.75) is 30.5 Å². The predicted octanol–water partition coefficient (Wildman–Crippen LogP) is 2.02. The van der Waals surface area contributed by atoms with Crippen LogP contribution >= 0.6 is 0 Å². The van der Waals surface area contributed by atoms with Crippen molar-refractivity contribution in [3.63, 3.8) is 0 Å². The van der Waals surface area contributed by atoms with Crippen molar-refractivity contribution in [1.29, 1.82) is 0 Å². The SMILES string of the molecule is COC(=O)C1(c2ccc(OC)cc2)OC12CCC2. The Labute approximate surface area is 106 Å². The molecule has 4 heteroatoms. The number of rotatable bonds is 3. The molecule has 3 rings (SSSR count). The Morgan fingerprint density at radius 2 is 1.89 bits per heavy atom. The molecule has 0 radical (unpaired) electrons. The molecule has 2 fully saturated rings. The number of hydrogen-bond acceptors (Lipinski definition) is 4. The number of esters is 1. The molecule has 4 nitrogen and oxygen atoms in total. The van der Waals surface area contributed by atoms with E-state index in [1.165, 1.54) is 7.11 Å². The van der Waals surface area contributed by atoms with Gasteiger partial charge in [-0.1, -0.05) is 12.1 Å². The molecule has 96 valence electrons. The minimum absolute atomic E-state index is 0.299. The Morgan fingerprint density at radius 3 is 2.28 bits per heavy atom. The molecule has 0 bridgehead atoms. The van der Waals surface area contributed by atoms with Crippen LogP contribution in [0.4, 0.5) is 0 Å². The fourth-order valence-corrected chi connectivity index (χ4v) is 2.86. The number of methoxy groups -OCH3 is 2. The smallest absolute Gasteiger partial charge is 0.345 e. The van der Waals surface area contributed by atoms with Crippen molar-refractivity contribution < 1.29 is 19.0 Å². The van der Waals surface area contributed by atoms with Crippen LogP contribution in [0.15, 0.2) is 24.3 Å². The fourth-order valence-electron chi connectivity index (χ4n) is 2.86. The molecule has 0 amide bonds. The molecule has 1 aliphatic heterocycles. The van der Waals surface area contributed by atoms with Gasteiger partial charge in [-0.3, -0.25) is 0 Å². The van der Waals surface area contributed by atoms with Gasteiger partial charge in [0.2, 0.25) is 5.60 Å². The molecule has 18 heavy (non-hydrogen) atoms. The second kappa shape index (κ2) is 3.72. The number of epoxide rings is 1. The van der Waals surface area contributed by atoms with E-state index in [0.29, 0.717) is 0 Å². The van der Waals surface area contributed by atoms with Gasteiger partial charge >= 0.3 is 5.97 Å². The number of benzene rings is 1. The first-order chi connectivity index (χ1) is 8.68. The summed E-state index contributed by atoms with van der Waals surface area (Å²) in [7, 11) is 3.02. The molecule has 1 saturated carbocycles. The van der Waals surface area contributed by atoms with Crippen LogP contribution in [0.2, 0.25) is 0 Å². The highest BCUT2D eigenvalue weighted by Crippen LogP contribution is 2.66. The zero-order valence-corrected chi connectivity index (χ0v) is 10.6. The molecule has 1 atom stereocenters. The van der Waals surface area contributed by atoms with Gasteiger partial charge in [0.25, 0.3) is 0 Å². The zero-order valence-electron chi connectivity index (χ0n) is 10.6. The highest BCUT2D eigenvalue weighted by atomic mass is 16.7. The van der Waals surface area contributed by atoms with Gasteiger partial charge in [-0.25, -0.2) is 4.79 Å². The summed E-state index contributed by atoms with van der Waals surface area (Å²) in [6, 6.07) is 7.44. The number of carbonyl (C=O) groups is 1. The van der Waals surface area contributed by atoms with Gasteiger partial charge in [0.05, 0.1) is 14.2 Å². The van der Waals surface area contributed by atoms with E-state index < -0.39 is 5.60 Å². The van der Waals surface area contributed by atoms with Gasteiger partial charge in [-0.05, 0) is 37.0 Å². The topological polar surface area (TPSA) is 48.1 Å². The van der Waals surface area contributed by atoms with E-state index in [0.717, 1.165) is 30.6 Å². The first-order valence-electron chi connectivity index (χ1n) is 6.12. The summed E-state index contributed by atoms with van der Waals surface area (Å²) in [5.74, 6) is 0.467. The zero-order chi connectivity index (χ0) is 12.8. The molecule has 0 aromatic heterocycles. The van der Waals surface area contributed by atoms with Crippen molar-refractivity contribution in [1.82, 2.24) is 0 Å². The van der Waals surface area contributed by atoms with E-state index >= 15 is 0 Å². The third-order valence-corrected chi connectivity index (χ3v) is 4.08. The lowest BCUT2D eigenvalue weighted by molar-refractivity contribution is -0.147. The summed E-state index contributed by atoms with van der Waals surface area (Å²) in [5.41, 5.74) is -0.337. The highest BCUT2D eigenvalue weighted by Gasteiger charge is 2.78. The second-order valence-electron chi connectivity index (χ2n) is 4.85. The van der Waals surface area contributed by atoms with Gasteiger partial charge in [-0.15, -0.1) is 0 Å². The van der Waals surface area contributed by atoms with E-state index in [-0.39, 0.29) is 11.6 Å². The Bertz CT molecular complexity index is 475. The first kappa shape index (κ1) is 11.5. The summed E-state index contributed by atoms with van der Waals surface area (Å²) in [4.78, 5) is 12.1. The van der Waals surface area contributed by atoms with Crippen LogP contribution in [0.1, 0.15) is 24.8 Å². The lowest BCUT2D eigenvalue weighted by Crippen LogP contribution is -2.37. The van der Waals surface area contributed by atoms with Crippen LogP contribution in [0, 0.1) is 0 Å². The molecule has 1 saturated heterocycles. The number of ether oxygens (including phenoxy) is 3.